The Bertz CT molecular complexity index is 804. The van der Waals surface area contributed by atoms with Crippen LogP contribution in [0.3, 0.4) is 0 Å². The maximum absolute atomic E-state index is 13.0. The minimum atomic E-state index is -0.413. The summed E-state index contributed by atoms with van der Waals surface area (Å²) in [7, 11) is 0. The second-order valence-corrected chi connectivity index (χ2v) is 8.16. The van der Waals surface area contributed by atoms with Crippen LogP contribution in [0.25, 0.3) is 0 Å². The standard InChI is InChI=1S/C21H26N2O3/c1-12(2)26-20(25)17-13(3)23-15-10-21(4,5)11-16(24)19(15)18(17)14-6-8-22-9-7-14/h6-9,12,18,23H,10-11H2,1-5H3/t18-/m0/s1. The number of hydrogen-bond acceptors (Lipinski definition) is 5. The molecule has 5 heteroatoms. The fraction of sp³-hybridized carbons (Fsp3) is 0.476. The molecule has 26 heavy (non-hydrogen) atoms. The Labute approximate surface area is 154 Å². The Balaban J connectivity index is 2.14. The largest absolute Gasteiger partial charge is 0.460 e. The quantitative estimate of drug-likeness (QED) is 0.840. The number of allylic oxidation sites excluding steroid dienone is 3. The molecule has 1 aliphatic heterocycles. The van der Waals surface area contributed by atoms with E-state index in [1.807, 2.05) is 32.9 Å². The number of Topliss-reactive ketones (excluding diaryl/α,β-unsaturated/α-hetero) is 1. The smallest absolute Gasteiger partial charge is 0.337 e. The molecule has 0 aromatic carbocycles. The molecule has 0 unspecified atom stereocenters. The predicted octanol–water partition coefficient (Wildman–Crippen LogP) is 3.64. The maximum atomic E-state index is 13.0. The molecule has 3 rings (SSSR count). The monoisotopic (exact) mass is 354 g/mol. The minimum absolute atomic E-state index is 0.0907. The summed E-state index contributed by atoms with van der Waals surface area (Å²) in [6.07, 6.45) is 4.41. The van der Waals surface area contributed by atoms with Gasteiger partial charge in [0, 0.05) is 41.7 Å². The van der Waals surface area contributed by atoms with Gasteiger partial charge in [0.05, 0.1) is 11.7 Å². The van der Waals surface area contributed by atoms with Crippen LogP contribution < -0.4 is 5.32 Å². The lowest BCUT2D eigenvalue weighted by Gasteiger charge is -2.39. The van der Waals surface area contributed by atoms with Gasteiger partial charge in [-0.3, -0.25) is 9.78 Å². The van der Waals surface area contributed by atoms with Crippen LogP contribution in [-0.4, -0.2) is 22.8 Å². The van der Waals surface area contributed by atoms with Gasteiger partial charge in [0.15, 0.2) is 5.78 Å². The molecule has 0 radical (unpaired) electrons. The van der Waals surface area contributed by atoms with Crippen molar-refractivity contribution >= 4 is 11.8 Å². The first-order valence-electron chi connectivity index (χ1n) is 9.04. The first-order chi connectivity index (χ1) is 12.2. The van der Waals surface area contributed by atoms with E-state index in [9.17, 15) is 9.59 Å². The van der Waals surface area contributed by atoms with Crippen LogP contribution in [0.4, 0.5) is 0 Å². The normalized spacial score (nSPS) is 22.2. The molecule has 1 N–H and O–H groups in total. The van der Waals surface area contributed by atoms with Crippen molar-refractivity contribution in [3.05, 3.63) is 52.6 Å². The van der Waals surface area contributed by atoms with E-state index in [0.717, 1.165) is 23.4 Å². The van der Waals surface area contributed by atoms with Gasteiger partial charge in [-0.1, -0.05) is 13.8 Å². The van der Waals surface area contributed by atoms with E-state index in [4.69, 9.17) is 4.74 Å². The lowest BCUT2D eigenvalue weighted by molar-refractivity contribution is -0.143. The van der Waals surface area contributed by atoms with Crippen LogP contribution in [0.5, 0.6) is 0 Å². The molecule has 5 nitrogen and oxygen atoms in total. The molecule has 0 amide bonds. The zero-order chi connectivity index (χ0) is 19.1. The number of carbonyl (C=O) groups excluding carboxylic acids is 2. The molecule has 0 spiro atoms. The third kappa shape index (κ3) is 3.43. The van der Waals surface area contributed by atoms with Crippen LogP contribution in [0.1, 0.15) is 58.9 Å². The van der Waals surface area contributed by atoms with E-state index >= 15 is 0 Å². The third-order valence-corrected chi connectivity index (χ3v) is 4.84. The molecule has 1 aliphatic carbocycles. The van der Waals surface area contributed by atoms with Gasteiger partial charge in [-0.2, -0.15) is 0 Å². The van der Waals surface area contributed by atoms with Gasteiger partial charge in [0.1, 0.15) is 0 Å². The van der Waals surface area contributed by atoms with Crippen LogP contribution in [0.2, 0.25) is 0 Å². The Morgan fingerprint density at radius 2 is 1.92 bits per heavy atom. The fourth-order valence-electron chi connectivity index (χ4n) is 3.87. The molecule has 1 aromatic heterocycles. The second kappa shape index (κ2) is 6.71. The fourth-order valence-corrected chi connectivity index (χ4v) is 3.87. The van der Waals surface area contributed by atoms with Crippen LogP contribution in [0, 0.1) is 5.41 Å². The zero-order valence-corrected chi connectivity index (χ0v) is 16.1. The number of hydrogen-bond donors (Lipinski definition) is 1. The van der Waals surface area contributed by atoms with Gasteiger partial charge >= 0.3 is 5.97 Å². The summed E-state index contributed by atoms with van der Waals surface area (Å²) in [5.74, 6) is -0.701. The van der Waals surface area contributed by atoms with E-state index < -0.39 is 5.92 Å². The number of rotatable bonds is 3. The highest BCUT2D eigenvalue weighted by molar-refractivity contribution is 6.04. The molecule has 0 saturated heterocycles. The molecule has 0 saturated carbocycles. The summed E-state index contributed by atoms with van der Waals surface area (Å²) in [5.41, 5.74) is 3.67. The Hall–Kier alpha value is -2.43. The summed E-state index contributed by atoms with van der Waals surface area (Å²) < 4.78 is 5.48. The van der Waals surface area contributed by atoms with Crippen molar-refractivity contribution in [2.45, 2.75) is 59.5 Å². The topological polar surface area (TPSA) is 68.3 Å². The molecule has 0 bridgehead atoms. The van der Waals surface area contributed by atoms with Crippen LogP contribution >= 0.6 is 0 Å². The second-order valence-electron chi connectivity index (χ2n) is 8.16. The van der Waals surface area contributed by atoms with Crippen molar-refractivity contribution in [2.75, 3.05) is 0 Å². The average Bonchev–Trinajstić information content (AvgIpc) is 2.52. The maximum Gasteiger partial charge on any atom is 0.337 e. The van der Waals surface area contributed by atoms with E-state index in [-0.39, 0.29) is 23.3 Å². The SMILES string of the molecule is CC1=C(C(=O)OC(C)C)[C@H](c2ccncc2)C2=C(CC(C)(C)CC2=O)N1. The predicted molar refractivity (Wildman–Crippen MR) is 99.1 cm³/mol. The number of nitrogens with zero attached hydrogens (tertiary/aromatic N) is 1. The number of aromatic nitrogens is 1. The van der Waals surface area contributed by atoms with Crippen LogP contribution in [-0.2, 0) is 14.3 Å². The first kappa shape index (κ1) is 18.4. The lowest BCUT2D eigenvalue weighted by Crippen LogP contribution is -2.39. The van der Waals surface area contributed by atoms with E-state index in [0.29, 0.717) is 17.6 Å². The highest BCUT2D eigenvalue weighted by atomic mass is 16.5. The highest BCUT2D eigenvalue weighted by Crippen LogP contribution is 2.46. The Morgan fingerprint density at radius 3 is 2.54 bits per heavy atom. The number of pyridine rings is 1. The van der Waals surface area contributed by atoms with Crippen molar-refractivity contribution in [2.24, 2.45) is 5.41 Å². The van der Waals surface area contributed by atoms with Gasteiger partial charge in [-0.25, -0.2) is 4.79 Å². The number of esters is 1. The van der Waals surface area contributed by atoms with Gasteiger partial charge in [0.2, 0.25) is 0 Å². The van der Waals surface area contributed by atoms with Crippen LogP contribution in [0.15, 0.2) is 47.1 Å². The summed E-state index contributed by atoms with van der Waals surface area (Å²) in [5, 5.41) is 3.33. The molecule has 138 valence electrons. The number of ether oxygens (including phenoxy) is 1. The summed E-state index contributed by atoms with van der Waals surface area (Å²) in [6, 6.07) is 3.73. The first-order valence-corrected chi connectivity index (χ1v) is 9.04. The molecular weight excluding hydrogens is 328 g/mol. The third-order valence-electron chi connectivity index (χ3n) is 4.84. The summed E-state index contributed by atoms with van der Waals surface area (Å²) >= 11 is 0. The lowest BCUT2D eigenvalue weighted by atomic mass is 9.68. The molecule has 1 atom stereocenters. The van der Waals surface area contributed by atoms with E-state index in [2.05, 4.69) is 24.1 Å². The van der Waals surface area contributed by atoms with Crippen molar-refractivity contribution in [3.8, 4) is 0 Å². The summed E-state index contributed by atoms with van der Waals surface area (Å²) in [6.45, 7) is 9.72. The van der Waals surface area contributed by atoms with Gasteiger partial charge in [-0.05, 0) is 50.3 Å². The van der Waals surface area contributed by atoms with Crippen molar-refractivity contribution in [1.82, 2.24) is 10.3 Å². The average molecular weight is 354 g/mol. The van der Waals surface area contributed by atoms with E-state index in [1.165, 1.54) is 0 Å². The Morgan fingerprint density at radius 1 is 1.27 bits per heavy atom. The van der Waals surface area contributed by atoms with Gasteiger partial charge in [-0.15, -0.1) is 0 Å². The van der Waals surface area contributed by atoms with Crippen molar-refractivity contribution in [1.29, 1.82) is 0 Å². The number of carbonyl (C=O) groups is 2. The number of dihydropyridines is 1. The number of ketones is 1. The molecule has 0 fully saturated rings. The molecule has 1 aromatic rings. The number of nitrogens with one attached hydrogen (secondary N) is 1. The summed E-state index contributed by atoms with van der Waals surface area (Å²) in [4.78, 5) is 30.0. The van der Waals surface area contributed by atoms with Crippen molar-refractivity contribution < 1.29 is 14.3 Å². The minimum Gasteiger partial charge on any atom is -0.460 e. The zero-order valence-electron chi connectivity index (χ0n) is 16.1. The van der Waals surface area contributed by atoms with Crippen molar-refractivity contribution in [3.63, 3.8) is 0 Å². The van der Waals surface area contributed by atoms with E-state index in [1.54, 1.807) is 12.4 Å². The van der Waals surface area contributed by atoms with Gasteiger partial charge in [0.25, 0.3) is 0 Å². The van der Waals surface area contributed by atoms with Gasteiger partial charge < -0.3 is 10.1 Å². The highest BCUT2D eigenvalue weighted by Gasteiger charge is 2.43. The molecular formula is C21H26N2O3. The Kier molecular flexibility index (Phi) is 4.74. The molecule has 2 aliphatic rings. The molecule has 2 heterocycles.